The molecule has 1 atom stereocenters. The summed E-state index contributed by atoms with van der Waals surface area (Å²) in [7, 11) is 0. The van der Waals surface area contributed by atoms with Gasteiger partial charge in [0.25, 0.3) is 0 Å². The Balaban J connectivity index is 2.58. The van der Waals surface area contributed by atoms with Gasteiger partial charge in [-0.05, 0) is 0 Å². The third-order valence-electron chi connectivity index (χ3n) is 0.435. The topological polar surface area (TPSA) is 24.7 Å². The Kier molecular flexibility index (Phi) is 2.07. The van der Waals surface area contributed by atoms with Crippen LogP contribution in [0.25, 0.3) is 0 Å². The van der Waals surface area contributed by atoms with Crippen LogP contribution in [-0.4, -0.2) is 39.7 Å². The van der Waals surface area contributed by atoms with Crippen LogP contribution in [0.5, 0.6) is 0 Å². The molecule has 1 aliphatic heterocycles. The van der Waals surface area contributed by atoms with E-state index in [4.69, 9.17) is 0 Å². The van der Waals surface area contributed by atoms with Gasteiger partial charge in [-0.15, -0.1) is 0 Å². The third-order valence-corrected chi connectivity index (χ3v) is 2.59. The van der Waals surface area contributed by atoms with Crippen LogP contribution in [0.2, 0.25) is 0 Å². The Morgan fingerprint density at radius 1 is 1.71 bits per heavy atom. The molecular formula is C2HN2SSe2. The molecule has 0 fully saturated rings. The van der Waals surface area contributed by atoms with Crippen LogP contribution in [0, 0.1) is 0 Å². The minimum atomic E-state index is 0.205. The van der Waals surface area contributed by atoms with Crippen molar-refractivity contribution in [2.45, 2.75) is 4.27 Å². The van der Waals surface area contributed by atoms with E-state index in [1.807, 2.05) is 0 Å². The van der Waals surface area contributed by atoms with Gasteiger partial charge in [-0.1, -0.05) is 0 Å². The van der Waals surface area contributed by atoms with Crippen LogP contribution in [0.4, 0.5) is 0 Å². The van der Waals surface area contributed by atoms with E-state index in [2.05, 4.69) is 41.8 Å². The van der Waals surface area contributed by atoms with E-state index in [-0.39, 0.29) is 4.27 Å². The van der Waals surface area contributed by atoms with Gasteiger partial charge >= 0.3 is 61.7 Å². The van der Waals surface area contributed by atoms with Gasteiger partial charge in [-0.25, -0.2) is 0 Å². The van der Waals surface area contributed by atoms with Crippen molar-refractivity contribution in [2.75, 3.05) is 0 Å². The average molecular weight is 243 g/mol. The second kappa shape index (κ2) is 2.42. The van der Waals surface area contributed by atoms with Crippen LogP contribution in [-0.2, 0) is 0 Å². The summed E-state index contributed by atoms with van der Waals surface area (Å²) in [6.45, 7) is 0. The molecule has 7 heavy (non-hydrogen) atoms. The fraction of sp³-hybridized carbons (Fsp3) is 0.500. The van der Waals surface area contributed by atoms with Crippen molar-refractivity contribution in [2.24, 2.45) is 10.2 Å². The van der Waals surface area contributed by atoms with Gasteiger partial charge < -0.3 is 0 Å². The molecule has 0 amide bonds. The molecule has 0 aromatic carbocycles. The van der Waals surface area contributed by atoms with Crippen LogP contribution >= 0.6 is 11.8 Å². The number of hydrogen-bond acceptors (Lipinski definition) is 3. The molecule has 0 bridgehead atoms. The first-order valence-electron chi connectivity index (χ1n) is 1.56. The summed E-state index contributed by atoms with van der Waals surface area (Å²) < 4.78 is 1.12. The van der Waals surface area contributed by atoms with Crippen molar-refractivity contribution in [3.05, 3.63) is 0 Å². The summed E-state index contributed by atoms with van der Waals surface area (Å²) in [5, 5.41) is 7.52. The average Bonchev–Trinajstić information content (AvgIpc) is 1.87. The zero-order valence-corrected chi connectivity index (χ0v) is 7.44. The van der Waals surface area contributed by atoms with Crippen molar-refractivity contribution in [3.63, 3.8) is 0 Å². The number of rotatable bonds is 0. The molecule has 5 heteroatoms. The normalized spacial score (nSPS) is 29.3. The van der Waals surface area contributed by atoms with Crippen molar-refractivity contribution < 1.29 is 0 Å². The molecule has 0 N–H and O–H groups in total. The molecule has 0 aromatic rings. The summed E-state index contributed by atoms with van der Waals surface area (Å²) in [4.78, 5) is 0. The van der Waals surface area contributed by atoms with Crippen molar-refractivity contribution in [3.8, 4) is 0 Å². The molecule has 0 saturated carbocycles. The van der Waals surface area contributed by atoms with Gasteiger partial charge in [0.1, 0.15) is 0 Å². The van der Waals surface area contributed by atoms with Gasteiger partial charge in [0.05, 0.1) is 0 Å². The molecule has 2 nitrogen and oxygen atoms in total. The molecule has 1 aliphatic rings. The second-order valence-electron chi connectivity index (χ2n) is 0.906. The van der Waals surface area contributed by atoms with E-state index in [1.54, 1.807) is 11.8 Å². The Hall–Kier alpha value is 0.859. The zero-order valence-electron chi connectivity index (χ0n) is 3.20. The quantitative estimate of drug-likeness (QED) is 0.545. The fourth-order valence-electron chi connectivity index (χ4n) is 0.228. The molecule has 0 aliphatic carbocycles. The number of azo groups is 1. The zero-order chi connectivity index (χ0) is 5.28. The van der Waals surface area contributed by atoms with Gasteiger partial charge in [0.2, 0.25) is 0 Å². The number of nitrogens with zero attached hydrogens (tertiary/aromatic N) is 2. The van der Waals surface area contributed by atoms with Gasteiger partial charge in [-0.2, -0.15) is 0 Å². The van der Waals surface area contributed by atoms with Crippen LogP contribution in [0.15, 0.2) is 10.2 Å². The monoisotopic (exact) mass is 245 g/mol. The molecule has 1 heterocycles. The van der Waals surface area contributed by atoms with Gasteiger partial charge in [0.15, 0.2) is 0 Å². The first kappa shape index (κ1) is 5.99. The summed E-state index contributed by atoms with van der Waals surface area (Å²) in [5.41, 5.74) is 0. The predicted octanol–water partition coefficient (Wildman–Crippen LogP) is -0.107. The molecule has 0 spiro atoms. The standard InChI is InChI=1S/C2HN2SSe2/c6-1-3-4-2(7)5-1/h1H. The van der Waals surface area contributed by atoms with Crippen LogP contribution < -0.4 is 0 Å². The Bertz CT molecular complexity index is 123. The summed E-state index contributed by atoms with van der Waals surface area (Å²) in [5.74, 6) is 0. The van der Waals surface area contributed by atoms with E-state index >= 15 is 0 Å². The Morgan fingerprint density at radius 2 is 2.43 bits per heavy atom. The molecule has 1 rings (SSSR count). The van der Waals surface area contributed by atoms with Crippen LogP contribution in [0.1, 0.15) is 0 Å². The van der Waals surface area contributed by atoms with E-state index in [9.17, 15) is 0 Å². The SMILES string of the molecule is [Se]C1N=NC(=[Se])S1. The predicted molar refractivity (Wildman–Crippen MR) is 32.8 cm³/mol. The first-order valence-corrected chi connectivity index (χ1v) is 4.29. The van der Waals surface area contributed by atoms with Crippen molar-refractivity contribution in [1.29, 1.82) is 0 Å². The number of thioether (sulfide) groups is 1. The van der Waals surface area contributed by atoms with E-state index in [1.165, 1.54) is 0 Å². The fourth-order valence-corrected chi connectivity index (χ4v) is 2.86. The van der Waals surface area contributed by atoms with E-state index in [0.29, 0.717) is 0 Å². The number of hydrogen-bond donors (Lipinski definition) is 0. The Labute approximate surface area is 61.7 Å². The van der Waals surface area contributed by atoms with Crippen molar-refractivity contribution >= 4 is 47.2 Å². The third kappa shape index (κ3) is 1.67. The van der Waals surface area contributed by atoms with Crippen molar-refractivity contribution in [1.82, 2.24) is 0 Å². The van der Waals surface area contributed by atoms with Crippen LogP contribution in [0.3, 0.4) is 0 Å². The molecule has 0 aromatic heterocycles. The molecule has 0 saturated heterocycles. The van der Waals surface area contributed by atoms with E-state index in [0.717, 1.165) is 3.87 Å². The first-order chi connectivity index (χ1) is 3.29. The molecule has 37 valence electrons. The molecule has 1 radical (unpaired) electrons. The summed E-state index contributed by atoms with van der Waals surface area (Å²) >= 11 is 7.19. The Morgan fingerprint density at radius 3 is 2.57 bits per heavy atom. The minimum absolute atomic E-state index is 0.205. The molecule has 1 unspecified atom stereocenters. The second-order valence-corrected chi connectivity index (χ2v) is 4.98. The van der Waals surface area contributed by atoms with Gasteiger partial charge in [0, 0.05) is 0 Å². The van der Waals surface area contributed by atoms with Gasteiger partial charge in [-0.3, -0.25) is 0 Å². The maximum absolute atomic E-state index is 3.78. The summed E-state index contributed by atoms with van der Waals surface area (Å²) in [6.07, 6.45) is 0. The maximum atomic E-state index is 3.78. The summed E-state index contributed by atoms with van der Waals surface area (Å²) in [6, 6.07) is 0. The molecular weight excluding hydrogens is 242 g/mol. The van der Waals surface area contributed by atoms with E-state index < -0.39 is 0 Å².